The monoisotopic (exact) mass is 386 g/mol. The highest BCUT2D eigenvalue weighted by Gasteiger charge is 2.47. The number of nitrogens with zero attached hydrogens (tertiary/aromatic N) is 1. The van der Waals surface area contributed by atoms with Crippen molar-refractivity contribution in [3.05, 3.63) is 35.4 Å². The van der Waals surface area contributed by atoms with Gasteiger partial charge < -0.3 is 10.1 Å². The van der Waals surface area contributed by atoms with Crippen molar-refractivity contribution in [1.29, 1.82) is 0 Å². The molecule has 0 radical (unpaired) electrons. The van der Waals surface area contributed by atoms with E-state index in [2.05, 4.69) is 5.32 Å². The van der Waals surface area contributed by atoms with Gasteiger partial charge in [0.1, 0.15) is 0 Å². The van der Waals surface area contributed by atoms with Gasteiger partial charge in [-0.3, -0.25) is 24.1 Å². The second-order valence-electron chi connectivity index (χ2n) is 7.44. The van der Waals surface area contributed by atoms with Gasteiger partial charge in [-0.15, -0.1) is 0 Å². The van der Waals surface area contributed by atoms with Crippen LogP contribution in [0.4, 0.5) is 0 Å². The number of hydrogen-bond donors (Lipinski definition) is 1. The number of hydrogen-bond acceptors (Lipinski definition) is 5. The lowest BCUT2D eigenvalue weighted by Gasteiger charge is -2.19. The number of fused-ring (bicyclic) bond motifs is 1. The summed E-state index contributed by atoms with van der Waals surface area (Å²) in [6, 6.07) is 7.70. The third kappa shape index (κ3) is 4.58. The first-order valence-corrected chi connectivity index (χ1v) is 9.79. The summed E-state index contributed by atoms with van der Waals surface area (Å²) in [4.78, 5) is 49.7. The third-order valence-electron chi connectivity index (χ3n) is 5.57. The molecule has 3 amide bonds. The molecular formula is C21H26N2O5. The van der Waals surface area contributed by atoms with Crippen LogP contribution >= 0.6 is 0 Å². The summed E-state index contributed by atoms with van der Waals surface area (Å²) in [6.07, 6.45) is 3.33. The van der Waals surface area contributed by atoms with E-state index in [9.17, 15) is 19.2 Å². The average Bonchev–Trinajstić information content (AvgIpc) is 2.94. The molecule has 0 unspecified atom stereocenters. The molecule has 2 atom stereocenters. The van der Waals surface area contributed by atoms with E-state index in [1.54, 1.807) is 0 Å². The van der Waals surface area contributed by atoms with E-state index >= 15 is 0 Å². The number of amides is 3. The summed E-state index contributed by atoms with van der Waals surface area (Å²) in [5, 5.41) is 2.71. The van der Waals surface area contributed by atoms with Gasteiger partial charge in [-0.05, 0) is 30.9 Å². The van der Waals surface area contributed by atoms with Crippen LogP contribution < -0.4 is 5.32 Å². The minimum Gasteiger partial charge on any atom is -0.456 e. The summed E-state index contributed by atoms with van der Waals surface area (Å²) in [5.74, 6) is -1.76. The van der Waals surface area contributed by atoms with Crippen molar-refractivity contribution in [2.24, 2.45) is 11.8 Å². The Balaban J connectivity index is 1.38. The summed E-state index contributed by atoms with van der Waals surface area (Å²) in [5.41, 5.74) is 2.06. The molecule has 1 aliphatic carbocycles. The molecule has 1 heterocycles. The SMILES string of the molecule is Cc1ccccc1CNC(=O)COC(=O)CCN1C(=O)[C@H]2CCCC[C@@H]2C1=O. The van der Waals surface area contributed by atoms with Crippen molar-refractivity contribution in [2.75, 3.05) is 13.2 Å². The van der Waals surface area contributed by atoms with Gasteiger partial charge in [0.2, 0.25) is 11.8 Å². The molecule has 2 fully saturated rings. The van der Waals surface area contributed by atoms with Crippen molar-refractivity contribution in [3.63, 3.8) is 0 Å². The maximum absolute atomic E-state index is 12.4. The number of nitrogens with one attached hydrogen (secondary N) is 1. The Kier molecular flexibility index (Phi) is 6.44. The average molecular weight is 386 g/mol. The standard InChI is InChI=1S/C21H26N2O5/c1-14-6-2-3-7-15(14)12-22-18(24)13-28-19(25)10-11-23-20(26)16-8-4-5-9-17(16)21(23)27/h2-3,6-7,16-17H,4-5,8-13H2,1H3,(H,22,24)/t16-,17-/m0/s1. The first kappa shape index (κ1) is 20.0. The summed E-state index contributed by atoms with van der Waals surface area (Å²) >= 11 is 0. The second kappa shape index (κ2) is 8.99. The summed E-state index contributed by atoms with van der Waals surface area (Å²) in [6.45, 7) is 1.97. The number of ether oxygens (including phenoxy) is 1. The largest absolute Gasteiger partial charge is 0.456 e. The Hall–Kier alpha value is -2.70. The Labute approximate surface area is 164 Å². The number of imide groups is 1. The van der Waals surface area contributed by atoms with Gasteiger partial charge in [0, 0.05) is 13.1 Å². The van der Waals surface area contributed by atoms with Crippen LogP contribution in [0.3, 0.4) is 0 Å². The zero-order valence-electron chi connectivity index (χ0n) is 16.1. The first-order valence-electron chi connectivity index (χ1n) is 9.79. The fraction of sp³-hybridized carbons (Fsp3) is 0.524. The molecule has 2 aliphatic rings. The van der Waals surface area contributed by atoms with Crippen LogP contribution in [-0.4, -0.2) is 41.7 Å². The predicted molar refractivity (Wildman–Crippen MR) is 101 cm³/mol. The molecule has 1 aromatic rings. The highest BCUT2D eigenvalue weighted by molar-refractivity contribution is 6.05. The smallest absolute Gasteiger partial charge is 0.308 e. The quantitative estimate of drug-likeness (QED) is 0.569. The van der Waals surface area contributed by atoms with Gasteiger partial charge in [0.15, 0.2) is 6.61 Å². The van der Waals surface area contributed by atoms with Gasteiger partial charge in [-0.1, -0.05) is 37.1 Å². The molecule has 0 bridgehead atoms. The minimum absolute atomic E-state index is 0.0222. The molecule has 7 heteroatoms. The van der Waals surface area contributed by atoms with E-state index in [0.717, 1.165) is 36.8 Å². The predicted octanol–water partition coefficient (Wildman–Crippen LogP) is 1.72. The highest BCUT2D eigenvalue weighted by Crippen LogP contribution is 2.37. The fourth-order valence-corrected chi connectivity index (χ4v) is 3.93. The number of carbonyl (C=O) groups is 4. The van der Waals surface area contributed by atoms with Crippen LogP contribution in [0.1, 0.15) is 43.2 Å². The van der Waals surface area contributed by atoms with Crippen molar-refractivity contribution in [3.8, 4) is 0 Å². The van der Waals surface area contributed by atoms with Crippen molar-refractivity contribution >= 4 is 23.7 Å². The van der Waals surface area contributed by atoms with Crippen LogP contribution in [0.2, 0.25) is 0 Å². The van der Waals surface area contributed by atoms with Gasteiger partial charge in [-0.25, -0.2) is 0 Å². The molecule has 7 nitrogen and oxygen atoms in total. The van der Waals surface area contributed by atoms with Crippen molar-refractivity contribution in [1.82, 2.24) is 10.2 Å². The molecule has 150 valence electrons. The molecule has 0 spiro atoms. The normalized spacial score (nSPS) is 21.4. The van der Waals surface area contributed by atoms with Crippen LogP contribution in [0.25, 0.3) is 0 Å². The molecule has 3 rings (SSSR count). The first-order chi connectivity index (χ1) is 13.5. The summed E-state index contributed by atoms with van der Waals surface area (Å²) in [7, 11) is 0. The van der Waals surface area contributed by atoms with Crippen LogP contribution in [0.15, 0.2) is 24.3 Å². The van der Waals surface area contributed by atoms with Gasteiger partial charge >= 0.3 is 5.97 Å². The number of carbonyl (C=O) groups excluding carboxylic acids is 4. The van der Waals surface area contributed by atoms with Crippen molar-refractivity contribution in [2.45, 2.75) is 45.6 Å². The molecule has 1 aliphatic heterocycles. The molecule has 0 aromatic heterocycles. The number of rotatable bonds is 7. The molecule has 1 N–H and O–H groups in total. The molecule has 1 saturated heterocycles. The minimum atomic E-state index is -0.596. The van der Waals surface area contributed by atoms with Crippen molar-refractivity contribution < 1.29 is 23.9 Å². The Morgan fingerprint density at radius 1 is 1.11 bits per heavy atom. The van der Waals surface area contributed by atoms with E-state index in [0.29, 0.717) is 6.54 Å². The molecular weight excluding hydrogens is 360 g/mol. The van der Waals surface area contributed by atoms with E-state index < -0.39 is 11.9 Å². The fourth-order valence-electron chi connectivity index (χ4n) is 3.93. The van der Waals surface area contributed by atoms with E-state index in [4.69, 9.17) is 4.74 Å². The van der Waals surface area contributed by atoms with Crippen LogP contribution in [-0.2, 0) is 30.5 Å². The van der Waals surface area contributed by atoms with Crippen LogP contribution in [0.5, 0.6) is 0 Å². The third-order valence-corrected chi connectivity index (χ3v) is 5.57. The zero-order valence-corrected chi connectivity index (χ0v) is 16.1. The second-order valence-corrected chi connectivity index (χ2v) is 7.44. The lowest BCUT2D eigenvalue weighted by atomic mass is 9.81. The molecule has 1 saturated carbocycles. The van der Waals surface area contributed by atoms with Crippen LogP contribution in [0, 0.1) is 18.8 Å². The van der Waals surface area contributed by atoms with Gasteiger partial charge in [-0.2, -0.15) is 0 Å². The van der Waals surface area contributed by atoms with E-state index in [-0.39, 0.29) is 43.2 Å². The number of benzene rings is 1. The zero-order chi connectivity index (χ0) is 20.1. The number of esters is 1. The van der Waals surface area contributed by atoms with E-state index in [1.165, 1.54) is 4.90 Å². The maximum atomic E-state index is 12.4. The number of likely N-dealkylation sites (tertiary alicyclic amines) is 1. The van der Waals surface area contributed by atoms with Gasteiger partial charge in [0.05, 0.1) is 18.3 Å². The lowest BCUT2D eigenvalue weighted by molar-refractivity contribution is -0.150. The molecule has 28 heavy (non-hydrogen) atoms. The Morgan fingerprint density at radius 2 is 1.75 bits per heavy atom. The highest BCUT2D eigenvalue weighted by atomic mass is 16.5. The number of aryl methyl sites for hydroxylation is 1. The Morgan fingerprint density at radius 3 is 2.39 bits per heavy atom. The van der Waals surface area contributed by atoms with Gasteiger partial charge in [0.25, 0.3) is 5.91 Å². The lowest BCUT2D eigenvalue weighted by Crippen LogP contribution is -2.34. The molecule has 1 aromatic carbocycles. The van der Waals surface area contributed by atoms with E-state index in [1.807, 2.05) is 31.2 Å². The maximum Gasteiger partial charge on any atom is 0.308 e. The topological polar surface area (TPSA) is 92.8 Å². The summed E-state index contributed by atoms with van der Waals surface area (Å²) < 4.78 is 4.97. The Bertz CT molecular complexity index is 752.